The number of amides is 1. The molecule has 8 nitrogen and oxygen atoms in total. The Hall–Kier alpha value is -3.42. The first-order valence-electron chi connectivity index (χ1n) is 8.85. The SMILES string of the molecule is COc1ccc(NC(=O)C[C@@H](CC(=O)[O-])c2cc(OC)c(OC)c(OC)c2)cc1. The van der Waals surface area contributed by atoms with Gasteiger partial charge >= 0.3 is 0 Å². The summed E-state index contributed by atoms with van der Waals surface area (Å²) in [6.07, 6.45) is -0.409. The summed E-state index contributed by atoms with van der Waals surface area (Å²) in [5.74, 6) is -0.450. The van der Waals surface area contributed by atoms with Crippen LogP contribution in [0.25, 0.3) is 0 Å². The largest absolute Gasteiger partial charge is 0.550 e. The van der Waals surface area contributed by atoms with Crippen molar-refractivity contribution in [1.29, 1.82) is 0 Å². The van der Waals surface area contributed by atoms with Crippen molar-refractivity contribution in [3.63, 3.8) is 0 Å². The molecule has 2 aromatic carbocycles. The molecule has 1 N–H and O–H groups in total. The lowest BCUT2D eigenvalue weighted by Crippen LogP contribution is -2.26. The van der Waals surface area contributed by atoms with Crippen LogP contribution in [0.15, 0.2) is 36.4 Å². The third-order valence-corrected chi connectivity index (χ3v) is 4.38. The molecule has 1 atom stereocenters. The van der Waals surface area contributed by atoms with Crippen molar-refractivity contribution in [1.82, 2.24) is 0 Å². The van der Waals surface area contributed by atoms with Crippen molar-refractivity contribution in [2.45, 2.75) is 18.8 Å². The lowest BCUT2D eigenvalue weighted by atomic mass is 9.91. The second kappa shape index (κ2) is 10.2. The van der Waals surface area contributed by atoms with Crippen LogP contribution < -0.4 is 29.4 Å². The lowest BCUT2D eigenvalue weighted by molar-refractivity contribution is -0.306. The second-order valence-electron chi connectivity index (χ2n) is 6.21. The predicted molar refractivity (Wildman–Crippen MR) is 105 cm³/mol. The maximum Gasteiger partial charge on any atom is 0.224 e. The van der Waals surface area contributed by atoms with Gasteiger partial charge in [-0.15, -0.1) is 0 Å². The molecule has 0 spiro atoms. The molecule has 0 saturated heterocycles. The molecule has 0 unspecified atom stereocenters. The van der Waals surface area contributed by atoms with Crippen molar-refractivity contribution in [3.05, 3.63) is 42.0 Å². The summed E-state index contributed by atoms with van der Waals surface area (Å²) in [5.41, 5.74) is 1.14. The number of anilines is 1. The van der Waals surface area contributed by atoms with Gasteiger partial charge < -0.3 is 34.2 Å². The van der Waals surface area contributed by atoms with Gasteiger partial charge in [0.15, 0.2) is 11.5 Å². The van der Waals surface area contributed by atoms with E-state index in [2.05, 4.69) is 5.32 Å². The molecule has 0 aliphatic heterocycles. The van der Waals surface area contributed by atoms with E-state index in [9.17, 15) is 14.7 Å². The molecule has 8 heteroatoms. The Balaban J connectivity index is 2.26. The Kier molecular flexibility index (Phi) is 7.70. The van der Waals surface area contributed by atoms with Crippen LogP contribution in [0.1, 0.15) is 24.3 Å². The molecule has 2 aromatic rings. The first kappa shape index (κ1) is 21.9. The molecule has 0 bridgehead atoms. The number of carboxylic acids is 1. The van der Waals surface area contributed by atoms with Gasteiger partial charge in [-0.25, -0.2) is 0 Å². The van der Waals surface area contributed by atoms with Crippen molar-refractivity contribution in [2.24, 2.45) is 0 Å². The molecule has 2 rings (SSSR count). The van der Waals surface area contributed by atoms with Crippen LogP contribution in [0.2, 0.25) is 0 Å². The summed E-state index contributed by atoms with van der Waals surface area (Å²) in [4.78, 5) is 23.8. The number of hydrogen-bond acceptors (Lipinski definition) is 7. The molecule has 0 radical (unpaired) electrons. The van der Waals surface area contributed by atoms with E-state index in [-0.39, 0.29) is 18.7 Å². The molecule has 0 aromatic heterocycles. The molecule has 0 aliphatic carbocycles. The molecule has 1 amide bonds. The maximum absolute atomic E-state index is 12.5. The molecular weight excluding hydrogens is 378 g/mol. The van der Waals surface area contributed by atoms with Crippen LogP contribution in [0, 0.1) is 0 Å². The highest BCUT2D eigenvalue weighted by molar-refractivity contribution is 5.91. The number of carbonyl (C=O) groups is 2. The zero-order chi connectivity index (χ0) is 21.4. The van der Waals surface area contributed by atoms with Gasteiger partial charge in [-0.3, -0.25) is 4.79 Å². The van der Waals surface area contributed by atoms with E-state index in [0.29, 0.717) is 34.2 Å². The maximum atomic E-state index is 12.5. The molecule has 0 saturated carbocycles. The minimum atomic E-state index is -1.26. The van der Waals surface area contributed by atoms with Crippen LogP contribution >= 0.6 is 0 Å². The van der Waals surface area contributed by atoms with E-state index in [1.165, 1.54) is 21.3 Å². The van der Waals surface area contributed by atoms with E-state index in [0.717, 1.165) is 0 Å². The van der Waals surface area contributed by atoms with Gasteiger partial charge in [0.2, 0.25) is 11.7 Å². The van der Waals surface area contributed by atoms with Crippen molar-refractivity contribution >= 4 is 17.6 Å². The quantitative estimate of drug-likeness (QED) is 0.648. The van der Waals surface area contributed by atoms with Gasteiger partial charge in [0.05, 0.1) is 28.4 Å². The van der Waals surface area contributed by atoms with Crippen LogP contribution in [0.3, 0.4) is 0 Å². The highest BCUT2D eigenvalue weighted by atomic mass is 16.5. The summed E-state index contributed by atoms with van der Waals surface area (Å²) in [7, 11) is 5.95. The summed E-state index contributed by atoms with van der Waals surface area (Å²) in [6, 6.07) is 10.1. The van der Waals surface area contributed by atoms with Crippen molar-refractivity contribution < 1.29 is 33.6 Å². The highest BCUT2D eigenvalue weighted by Gasteiger charge is 2.22. The molecule has 0 fully saturated rings. The third kappa shape index (κ3) is 5.78. The zero-order valence-electron chi connectivity index (χ0n) is 16.8. The van der Waals surface area contributed by atoms with Gasteiger partial charge in [0.1, 0.15) is 5.75 Å². The average Bonchev–Trinajstić information content (AvgIpc) is 2.72. The minimum absolute atomic E-state index is 0.0708. The number of hydrogen-bond donors (Lipinski definition) is 1. The third-order valence-electron chi connectivity index (χ3n) is 4.38. The van der Waals surface area contributed by atoms with E-state index < -0.39 is 11.9 Å². The van der Waals surface area contributed by atoms with E-state index in [1.54, 1.807) is 43.5 Å². The predicted octanol–water partition coefficient (Wildman–Crippen LogP) is 1.97. The molecular formula is C21H24NO7-. The fraction of sp³-hybridized carbons (Fsp3) is 0.333. The van der Waals surface area contributed by atoms with Gasteiger partial charge in [-0.05, 0) is 54.3 Å². The first-order valence-corrected chi connectivity index (χ1v) is 8.85. The summed E-state index contributed by atoms with van der Waals surface area (Å²) in [6.45, 7) is 0. The highest BCUT2D eigenvalue weighted by Crippen LogP contribution is 2.41. The van der Waals surface area contributed by atoms with Crippen molar-refractivity contribution in [2.75, 3.05) is 33.8 Å². The van der Waals surface area contributed by atoms with E-state index in [1.807, 2.05) is 0 Å². The number of methoxy groups -OCH3 is 4. The van der Waals surface area contributed by atoms with Gasteiger partial charge in [-0.1, -0.05) is 0 Å². The van der Waals surface area contributed by atoms with Gasteiger partial charge in [0, 0.05) is 18.1 Å². The summed E-state index contributed by atoms with van der Waals surface area (Å²) >= 11 is 0. The Morgan fingerprint density at radius 1 is 0.897 bits per heavy atom. The fourth-order valence-electron chi connectivity index (χ4n) is 2.96. The normalized spacial score (nSPS) is 11.3. The topological polar surface area (TPSA) is 106 Å². The van der Waals surface area contributed by atoms with E-state index in [4.69, 9.17) is 18.9 Å². The standard InChI is InChI=1S/C21H25NO7/c1-26-16-7-5-15(6-8-16)22-19(23)11-14(12-20(24)25)13-9-17(27-2)21(29-4)18(10-13)28-3/h5-10,14H,11-12H2,1-4H3,(H,22,23)(H,24,25)/p-1/t14-/m0/s1. The number of carboxylic acid groups (broad SMARTS) is 1. The van der Waals surface area contributed by atoms with Gasteiger partial charge in [-0.2, -0.15) is 0 Å². The molecule has 29 heavy (non-hydrogen) atoms. The number of ether oxygens (including phenoxy) is 4. The molecule has 0 heterocycles. The molecule has 0 aliphatic rings. The van der Waals surface area contributed by atoms with Crippen LogP contribution in [-0.4, -0.2) is 40.3 Å². The van der Waals surface area contributed by atoms with E-state index >= 15 is 0 Å². The fourth-order valence-corrected chi connectivity index (χ4v) is 2.96. The smallest absolute Gasteiger partial charge is 0.224 e. The second-order valence-corrected chi connectivity index (χ2v) is 6.21. The molecule has 156 valence electrons. The van der Waals surface area contributed by atoms with Gasteiger partial charge in [0.25, 0.3) is 0 Å². The Labute approximate surface area is 169 Å². The Bertz CT molecular complexity index is 824. The minimum Gasteiger partial charge on any atom is -0.550 e. The number of carbonyl (C=O) groups excluding carboxylic acids is 2. The summed E-state index contributed by atoms with van der Waals surface area (Å²) < 4.78 is 21.0. The zero-order valence-corrected chi connectivity index (χ0v) is 16.8. The van der Waals surface area contributed by atoms with Crippen LogP contribution in [0.4, 0.5) is 5.69 Å². The number of nitrogens with one attached hydrogen (secondary N) is 1. The number of aliphatic carboxylic acids is 1. The monoisotopic (exact) mass is 402 g/mol. The summed E-state index contributed by atoms with van der Waals surface area (Å²) in [5, 5.41) is 14.0. The average molecular weight is 402 g/mol. The van der Waals surface area contributed by atoms with Crippen LogP contribution in [0.5, 0.6) is 23.0 Å². The Morgan fingerprint density at radius 3 is 1.93 bits per heavy atom. The van der Waals surface area contributed by atoms with Crippen LogP contribution in [-0.2, 0) is 9.59 Å². The number of benzene rings is 2. The number of rotatable bonds is 10. The Morgan fingerprint density at radius 2 is 1.48 bits per heavy atom. The van der Waals surface area contributed by atoms with Crippen molar-refractivity contribution in [3.8, 4) is 23.0 Å². The first-order chi connectivity index (χ1) is 13.9. The lowest BCUT2D eigenvalue weighted by Gasteiger charge is -2.21.